The Morgan fingerprint density at radius 3 is 2.50 bits per heavy atom. The molecule has 0 heterocycles. The van der Waals surface area contributed by atoms with Gasteiger partial charge in [0, 0.05) is 6.04 Å². The monoisotopic (exact) mass is 221 g/mol. The Balaban J connectivity index is 2.74. The molecule has 0 fully saturated rings. The van der Waals surface area contributed by atoms with Crippen molar-refractivity contribution >= 4 is 5.97 Å². The molecule has 1 rings (SSSR count). The molecule has 0 amide bonds. The first-order chi connectivity index (χ1) is 7.65. The second-order valence-electron chi connectivity index (χ2n) is 3.96. The molecule has 0 radical (unpaired) electrons. The van der Waals surface area contributed by atoms with Crippen LogP contribution in [0.1, 0.15) is 31.7 Å². The summed E-state index contributed by atoms with van der Waals surface area (Å²) in [7, 11) is 0. The van der Waals surface area contributed by atoms with Crippen molar-refractivity contribution in [3.63, 3.8) is 0 Å². The van der Waals surface area contributed by atoms with Gasteiger partial charge in [0.2, 0.25) is 0 Å². The smallest absolute Gasteiger partial charge is 0.304 e. The summed E-state index contributed by atoms with van der Waals surface area (Å²) < 4.78 is 0. The lowest BCUT2D eigenvalue weighted by Gasteiger charge is -2.23. The lowest BCUT2D eigenvalue weighted by molar-refractivity contribution is -0.137. The van der Waals surface area contributed by atoms with E-state index in [0.29, 0.717) is 0 Å². The summed E-state index contributed by atoms with van der Waals surface area (Å²) in [6.45, 7) is 4.84. The molecule has 0 aromatic heterocycles. The summed E-state index contributed by atoms with van der Waals surface area (Å²) in [5.74, 6) is -0.550. The van der Waals surface area contributed by atoms with Crippen LogP contribution in [0.2, 0.25) is 0 Å². The van der Waals surface area contributed by atoms with Gasteiger partial charge >= 0.3 is 5.97 Å². The van der Waals surface area contributed by atoms with E-state index in [9.17, 15) is 4.79 Å². The summed E-state index contributed by atoms with van der Waals surface area (Å²) in [5, 5.41) is 12.1. The van der Waals surface area contributed by atoms with Crippen molar-refractivity contribution in [3.05, 3.63) is 35.9 Å². The van der Waals surface area contributed by atoms with Crippen LogP contribution >= 0.6 is 0 Å². The van der Waals surface area contributed by atoms with Gasteiger partial charge in [0.25, 0.3) is 0 Å². The number of rotatable bonds is 6. The highest BCUT2D eigenvalue weighted by Crippen LogP contribution is 2.20. The van der Waals surface area contributed by atoms with Gasteiger partial charge < -0.3 is 10.4 Å². The first-order valence-electron chi connectivity index (χ1n) is 5.65. The molecule has 0 aliphatic rings. The molecule has 0 saturated heterocycles. The summed E-state index contributed by atoms with van der Waals surface area (Å²) in [4.78, 5) is 10.8. The number of likely N-dealkylation sites (N-methyl/N-ethyl adjacent to an activating group) is 1. The van der Waals surface area contributed by atoms with Crippen molar-refractivity contribution in [1.29, 1.82) is 0 Å². The van der Waals surface area contributed by atoms with Crippen molar-refractivity contribution < 1.29 is 9.90 Å². The van der Waals surface area contributed by atoms with E-state index in [0.717, 1.165) is 6.54 Å². The first kappa shape index (κ1) is 12.7. The van der Waals surface area contributed by atoms with Crippen LogP contribution in [-0.2, 0) is 4.79 Å². The maximum atomic E-state index is 10.8. The van der Waals surface area contributed by atoms with Gasteiger partial charge in [-0.05, 0) is 18.0 Å². The van der Waals surface area contributed by atoms with Gasteiger partial charge in [-0.1, -0.05) is 44.2 Å². The zero-order valence-corrected chi connectivity index (χ0v) is 9.81. The zero-order valence-electron chi connectivity index (χ0n) is 9.81. The summed E-state index contributed by atoms with van der Waals surface area (Å²) >= 11 is 0. The number of carbonyl (C=O) groups is 1. The standard InChI is InChI=1S/C13H19NO2/c1-3-14-12(9-13(15)16)10(2)11-7-5-4-6-8-11/h4-8,10,12,14H,3,9H2,1-2H3,(H,15,16). The van der Waals surface area contributed by atoms with Crippen LogP contribution in [0.15, 0.2) is 30.3 Å². The highest BCUT2D eigenvalue weighted by atomic mass is 16.4. The van der Waals surface area contributed by atoms with E-state index in [1.165, 1.54) is 5.56 Å². The number of carboxylic acids is 1. The molecule has 0 spiro atoms. The van der Waals surface area contributed by atoms with Crippen LogP contribution in [0.4, 0.5) is 0 Å². The third kappa shape index (κ3) is 3.66. The first-order valence-corrected chi connectivity index (χ1v) is 5.65. The fraction of sp³-hybridized carbons (Fsp3) is 0.462. The van der Waals surface area contributed by atoms with Crippen LogP contribution in [0.3, 0.4) is 0 Å². The third-order valence-corrected chi connectivity index (χ3v) is 2.79. The van der Waals surface area contributed by atoms with Gasteiger partial charge in [-0.15, -0.1) is 0 Å². The lowest BCUT2D eigenvalue weighted by Crippen LogP contribution is -2.35. The molecule has 2 atom stereocenters. The molecule has 3 heteroatoms. The van der Waals surface area contributed by atoms with Gasteiger partial charge in [-0.25, -0.2) is 0 Å². The normalized spacial score (nSPS) is 14.4. The van der Waals surface area contributed by atoms with Crippen LogP contribution in [0, 0.1) is 0 Å². The Kier molecular flexibility index (Phi) is 4.99. The van der Waals surface area contributed by atoms with Crippen LogP contribution in [0.5, 0.6) is 0 Å². The molecule has 0 aliphatic carbocycles. The maximum absolute atomic E-state index is 10.8. The Bertz CT molecular complexity index is 324. The second-order valence-corrected chi connectivity index (χ2v) is 3.96. The molecule has 0 bridgehead atoms. The molecule has 0 aliphatic heterocycles. The minimum Gasteiger partial charge on any atom is -0.481 e. The largest absolute Gasteiger partial charge is 0.481 e. The fourth-order valence-electron chi connectivity index (χ4n) is 1.86. The van der Waals surface area contributed by atoms with Crippen molar-refractivity contribution in [1.82, 2.24) is 5.32 Å². The number of hydrogen-bond donors (Lipinski definition) is 2. The maximum Gasteiger partial charge on any atom is 0.304 e. The average Bonchev–Trinajstić information content (AvgIpc) is 2.28. The van der Waals surface area contributed by atoms with Gasteiger partial charge in [-0.2, -0.15) is 0 Å². The molecule has 88 valence electrons. The highest BCUT2D eigenvalue weighted by Gasteiger charge is 2.20. The summed E-state index contributed by atoms with van der Waals surface area (Å²) in [6.07, 6.45) is 0.157. The molecule has 0 saturated carbocycles. The molecule has 16 heavy (non-hydrogen) atoms. The van der Waals surface area contributed by atoms with E-state index in [1.54, 1.807) is 0 Å². The Hall–Kier alpha value is -1.35. The Morgan fingerprint density at radius 2 is 2.00 bits per heavy atom. The van der Waals surface area contributed by atoms with E-state index < -0.39 is 5.97 Å². The number of carboxylic acid groups (broad SMARTS) is 1. The number of benzene rings is 1. The van der Waals surface area contributed by atoms with Gasteiger partial charge in [-0.3, -0.25) is 4.79 Å². The molecule has 1 aromatic rings. The number of nitrogens with one attached hydrogen (secondary N) is 1. The predicted molar refractivity (Wildman–Crippen MR) is 64.6 cm³/mol. The minimum atomic E-state index is -0.756. The SMILES string of the molecule is CCNC(CC(=O)O)C(C)c1ccccc1. The lowest BCUT2D eigenvalue weighted by atomic mass is 9.91. The van der Waals surface area contributed by atoms with Crippen LogP contribution in [-0.4, -0.2) is 23.7 Å². The topological polar surface area (TPSA) is 49.3 Å². The van der Waals surface area contributed by atoms with E-state index >= 15 is 0 Å². The Labute approximate surface area is 96.5 Å². The Morgan fingerprint density at radius 1 is 1.38 bits per heavy atom. The van der Waals surface area contributed by atoms with Crippen LogP contribution < -0.4 is 5.32 Å². The highest BCUT2D eigenvalue weighted by molar-refractivity contribution is 5.67. The van der Waals surface area contributed by atoms with E-state index in [2.05, 4.69) is 12.2 Å². The molecule has 1 aromatic carbocycles. The fourth-order valence-corrected chi connectivity index (χ4v) is 1.86. The summed E-state index contributed by atoms with van der Waals surface area (Å²) in [6, 6.07) is 10.00. The quantitative estimate of drug-likeness (QED) is 0.774. The third-order valence-electron chi connectivity index (χ3n) is 2.79. The van der Waals surface area contributed by atoms with E-state index in [-0.39, 0.29) is 18.4 Å². The molecule has 2 unspecified atom stereocenters. The van der Waals surface area contributed by atoms with Gasteiger partial charge in [0.15, 0.2) is 0 Å². The van der Waals surface area contributed by atoms with Crippen molar-refractivity contribution in [3.8, 4) is 0 Å². The minimum absolute atomic E-state index is 0.00935. The predicted octanol–water partition coefficient (Wildman–Crippen LogP) is 2.24. The summed E-state index contributed by atoms with van der Waals surface area (Å²) in [5.41, 5.74) is 1.18. The van der Waals surface area contributed by atoms with E-state index in [1.807, 2.05) is 37.3 Å². The van der Waals surface area contributed by atoms with Crippen molar-refractivity contribution in [2.24, 2.45) is 0 Å². The van der Waals surface area contributed by atoms with Crippen molar-refractivity contribution in [2.75, 3.05) is 6.54 Å². The van der Waals surface area contributed by atoms with Crippen molar-refractivity contribution in [2.45, 2.75) is 32.2 Å². The molecule has 2 N–H and O–H groups in total. The number of hydrogen-bond acceptors (Lipinski definition) is 2. The average molecular weight is 221 g/mol. The molecular formula is C13H19NO2. The van der Waals surface area contributed by atoms with Gasteiger partial charge in [0.05, 0.1) is 6.42 Å². The van der Waals surface area contributed by atoms with Crippen LogP contribution in [0.25, 0.3) is 0 Å². The van der Waals surface area contributed by atoms with Gasteiger partial charge in [0.1, 0.15) is 0 Å². The number of aliphatic carboxylic acids is 1. The van der Waals surface area contributed by atoms with E-state index in [4.69, 9.17) is 5.11 Å². The molecular weight excluding hydrogens is 202 g/mol. The second kappa shape index (κ2) is 6.28. The molecule has 3 nitrogen and oxygen atoms in total. The zero-order chi connectivity index (χ0) is 12.0.